The molecule has 0 fully saturated rings. The monoisotopic (exact) mass is 604 g/mol. The highest BCUT2D eigenvalue weighted by Gasteiger charge is 2.33. The van der Waals surface area contributed by atoms with E-state index >= 15 is 0 Å². The number of ether oxygens (including phenoxy) is 9. The fraction of sp³-hybridized carbons (Fsp3) is 0.314. The van der Waals surface area contributed by atoms with Crippen molar-refractivity contribution in [3.05, 3.63) is 97.1 Å². The van der Waals surface area contributed by atoms with Crippen LogP contribution in [0.2, 0.25) is 0 Å². The minimum absolute atomic E-state index is 0.204. The van der Waals surface area contributed by atoms with Crippen molar-refractivity contribution in [3.8, 4) is 46.0 Å². The molecule has 0 bridgehead atoms. The molecular formula is C35H40O9. The molecule has 0 heterocycles. The van der Waals surface area contributed by atoms with E-state index in [9.17, 15) is 0 Å². The van der Waals surface area contributed by atoms with Crippen molar-refractivity contribution in [2.75, 3.05) is 48.3 Å². The smallest absolute Gasteiger partial charge is 0.174 e. The first-order valence-electron chi connectivity index (χ1n) is 14.3. The molecule has 0 aliphatic carbocycles. The lowest BCUT2D eigenvalue weighted by Crippen LogP contribution is -2.48. The third-order valence-electron chi connectivity index (χ3n) is 6.73. The fourth-order valence-electron chi connectivity index (χ4n) is 4.34. The SMILES string of the molecule is COc1ccc(OCCOCC(Oc2ccc(OC)cc2)C(Oc2ccc(OC)cc2)C(C)Oc2ccc(OC)cc2)cc1. The third kappa shape index (κ3) is 9.64. The van der Waals surface area contributed by atoms with Gasteiger partial charge in [0.25, 0.3) is 0 Å². The Labute approximate surface area is 259 Å². The number of benzene rings is 4. The minimum atomic E-state index is -0.588. The zero-order valence-electron chi connectivity index (χ0n) is 25.8. The molecule has 9 heteroatoms. The van der Waals surface area contributed by atoms with Gasteiger partial charge in [0, 0.05) is 0 Å². The number of methoxy groups -OCH3 is 4. The molecule has 234 valence electrons. The quantitative estimate of drug-likeness (QED) is 0.119. The molecule has 0 spiro atoms. The van der Waals surface area contributed by atoms with Gasteiger partial charge in [0.1, 0.15) is 58.7 Å². The summed E-state index contributed by atoms with van der Waals surface area (Å²) in [5.74, 6) is 5.61. The summed E-state index contributed by atoms with van der Waals surface area (Å²) in [6, 6.07) is 29.5. The summed E-state index contributed by atoms with van der Waals surface area (Å²) >= 11 is 0. The van der Waals surface area contributed by atoms with Crippen LogP contribution in [0, 0.1) is 0 Å². The van der Waals surface area contributed by atoms with E-state index in [0.717, 1.165) is 28.7 Å². The molecule has 0 amide bonds. The van der Waals surface area contributed by atoms with E-state index in [2.05, 4.69) is 0 Å². The van der Waals surface area contributed by atoms with Crippen LogP contribution in [0.5, 0.6) is 46.0 Å². The molecule has 9 nitrogen and oxygen atoms in total. The van der Waals surface area contributed by atoms with E-state index in [-0.39, 0.29) is 6.61 Å². The van der Waals surface area contributed by atoms with Crippen LogP contribution in [0.4, 0.5) is 0 Å². The van der Waals surface area contributed by atoms with Gasteiger partial charge in [-0.2, -0.15) is 0 Å². The van der Waals surface area contributed by atoms with E-state index in [4.69, 9.17) is 42.6 Å². The van der Waals surface area contributed by atoms with Crippen molar-refractivity contribution in [3.63, 3.8) is 0 Å². The van der Waals surface area contributed by atoms with Crippen molar-refractivity contribution in [2.24, 2.45) is 0 Å². The Bertz CT molecular complexity index is 1360. The van der Waals surface area contributed by atoms with Crippen molar-refractivity contribution in [2.45, 2.75) is 25.2 Å². The summed E-state index contributed by atoms with van der Waals surface area (Å²) in [7, 11) is 6.50. The van der Waals surface area contributed by atoms with Gasteiger partial charge in [0.2, 0.25) is 0 Å². The van der Waals surface area contributed by atoms with Crippen LogP contribution >= 0.6 is 0 Å². The molecule has 0 aromatic heterocycles. The molecule has 3 unspecified atom stereocenters. The zero-order chi connectivity index (χ0) is 31.1. The average molecular weight is 605 g/mol. The van der Waals surface area contributed by atoms with Gasteiger partial charge in [-0.05, 0) is 104 Å². The molecule has 0 aliphatic heterocycles. The molecule has 4 rings (SSSR count). The Kier molecular flexibility index (Phi) is 12.3. The zero-order valence-corrected chi connectivity index (χ0v) is 25.8. The Balaban J connectivity index is 1.52. The Hall–Kier alpha value is -4.76. The first kappa shape index (κ1) is 32.2. The van der Waals surface area contributed by atoms with Crippen molar-refractivity contribution < 1.29 is 42.6 Å². The summed E-state index contributed by atoms with van der Waals surface area (Å²) in [5, 5.41) is 0. The second-order valence-corrected chi connectivity index (χ2v) is 9.69. The molecule has 0 radical (unpaired) electrons. The summed E-state index contributed by atoms with van der Waals surface area (Å²) < 4.78 is 52.5. The Morgan fingerprint density at radius 1 is 0.432 bits per heavy atom. The largest absolute Gasteiger partial charge is 0.497 e. The lowest BCUT2D eigenvalue weighted by Gasteiger charge is -2.32. The standard InChI is InChI=1S/C35H40O9/c1-25(42-31-16-8-27(37-3)9-17-31)35(44-33-20-12-29(39-5)13-21-33)34(43-32-18-10-28(38-4)11-19-32)24-40-22-23-41-30-14-6-26(36-2)7-15-30/h6-21,25,34-35H,22-24H2,1-5H3. The van der Waals surface area contributed by atoms with Gasteiger partial charge < -0.3 is 42.6 Å². The van der Waals surface area contributed by atoms with E-state index in [1.165, 1.54) is 0 Å². The maximum atomic E-state index is 6.54. The van der Waals surface area contributed by atoms with Gasteiger partial charge in [-0.3, -0.25) is 0 Å². The number of hydrogen-bond donors (Lipinski definition) is 0. The number of hydrogen-bond acceptors (Lipinski definition) is 9. The van der Waals surface area contributed by atoms with Gasteiger partial charge in [0.15, 0.2) is 12.2 Å². The molecule has 4 aromatic rings. The van der Waals surface area contributed by atoms with Gasteiger partial charge >= 0.3 is 0 Å². The predicted molar refractivity (Wildman–Crippen MR) is 167 cm³/mol. The van der Waals surface area contributed by atoms with Crippen LogP contribution < -0.4 is 37.9 Å². The van der Waals surface area contributed by atoms with Gasteiger partial charge in [0.05, 0.1) is 41.7 Å². The first-order chi connectivity index (χ1) is 21.5. The minimum Gasteiger partial charge on any atom is -0.497 e. The van der Waals surface area contributed by atoms with Gasteiger partial charge in [-0.1, -0.05) is 0 Å². The Morgan fingerprint density at radius 2 is 0.795 bits per heavy atom. The Morgan fingerprint density at radius 3 is 1.23 bits per heavy atom. The molecule has 44 heavy (non-hydrogen) atoms. The van der Waals surface area contributed by atoms with Crippen molar-refractivity contribution >= 4 is 0 Å². The van der Waals surface area contributed by atoms with Crippen molar-refractivity contribution in [1.82, 2.24) is 0 Å². The van der Waals surface area contributed by atoms with Crippen LogP contribution in [0.3, 0.4) is 0 Å². The van der Waals surface area contributed by atoms with Crippen LogP contribution in [0.25, 0.3) is 0 Å². The van der Waals surface area contributed by atoms with Gasteiger partial charge in [-0.25, -0.2) is 0 Å². The van der Waals surface area contributed by atoms with Gasteiger partial charge in [-0.15, -0.1) is 0 Å². The third-order valence-corrected chi connectivity index (χ3v) is 6.73. The van der Waals surface area contributed by atoms with E-state index in [0.29, 0.717) is 30.5 Å². The lowest BCUT2D eigenvalue weighted by atomic mass is 10.1. The topological polar surface area (TPSA) is 83.1 Å². The van der Waals surface area contributed by atoms with E-state index in [1.54, 1.807) is 28.4 Å². The second kappa shape index (κ2) is 16.8. The highest BCUT2D eigenvalue weighted by atomic mass is 16.6. The number of rotatable bonds is 18. The maximum absolute atomic E-state index is 6.54. The average Bonchev–Trinajstić information content (AvgIpc) is 3.07. The molecule has 4 aromatic carbocycles. The molecule has 0 saturated carbocycles. The molecule has 3 atom stereocenters. The molecular weight excluding hydrogens is 564 g/mol. The molecule has 0 saturated heterocycles. The highest BCUT2D eigenvalue weighted by Crippen LogP contribution is 2.26. The van der Waals surface area contributed by atoms with Crippen molar-refractivity contribution in [1.29, 1.82) is 0 Å². The summed E-state index contributed by atoms with van der Waals surface area (Å²) in [4.78, 5) is 0. The van der Waals surface area contributed by atoms with Crippen LogP contribution in [0.15, 0.2) is 97.1 Å². The first-order valence-corrected chi connectivity index (χ1v) is 14.3. The molecule has 0 aliphatic rings. The predicted octanol–water partition coefficient (Wildman–Crippen LogP) is 6.48. The summed E-state index contributed by atoms with van der Waals surface area (Å²) in [6.45, 7) is 2.83. The fourth-order valence-corrected chi connectivity index (χ4v) is 4.34. The highest BCUT2D eigenvalue weighted by molar-refractivity contribution is 5.34. The van der Waals surface area contributed by atoms with E-state index < -0.39 is 18.3 Å². The van der Waals surface area contributed by atoms with Crippen LogP contribution in [0.1, 0.15) is 6.92 Å². The van der Waals surface area contributed by atoms with E-state index in [1.807, 2.05) is 104 Å². The molecule has 0 N–H and O–H groups in total. The normalized spacial score (nSPS) is 12.8. The van der Waals surface area contributed by atoms with Crippen LogP contribution in [-0.4, -0.2) is 66.6 Å². The maximum Gasteiger partial charge on any atom is 0.174 e. The lowest BCUT2D eigenvalue weighted by molar-refractivity contribution is -0.0552. The van der Waals surface area contributed by atoms with Crippen LogP contribution in [-0.2, 0) is 4.74 Å². The summed E-state index contributed by atoms with van der Waals surface area (Å²) in [5.41, 5.74) is 0. The second-order valence-electron chi connectivity index (χ2n) is 9.69. The summed E-state index contributed by atoms with van der Waals surface area (Å²) in [6.07, 6.45) is -1.61.